The summed E-state index contributed by atoms with van der Waals surface area (Å²) in [7, 11) is 0. The molecule has 1 aromatic heterocycles. The SMILES string of the molecule is Cc1ccc(NC(=O)C(=O)NCC(N)=S)cn1. The van der Waals surface area contributed by atoms with E-state index in [1.54, 1.807) is 12.1 Å². The molecule has 0 aliphatic rings. The van der Waals surface area contributed by atoms with Crippen molar-refractivity contribution in [2.75, 3.05) is 11.9 Å². The molecular formula is C10H12N4O2S. The van der Waals surface area contributed by atoms with Gasteiger partial charge in [0.1, 0.15) is 0 Å². The van der Waals surface area contributed by atoms with Crippen molar-refractivity contribution in [2.45, 2.75) is 6.92 Å². The monoisotopic (exact) mass is 252 g/mol. The highest BCUT2D eigenvalue weighted by Crippen LogP contribution is 2.04. The van der Waals surface area contributed by atoms with Crippen molar-refractivity contribution in [3.8, 4) is 0 Å². The summed E-state index contributed by atoms with van der Waals surface area (Å²) in [6.45, 7) is 1.81. The maximum atomic E-state index is 11.4. The number of nitrogens with one attached hydrogen (secondary N) is 2. The zero-order valence-electron chi connectivity index (χ0n) is 9.19. The number of nitrogens with two attached hydrogens (primary N) is 1. The third-order valence-electron chi connectivity index (χ3n) is 1.80. The summed E-state index contributed by atoms with van der Waals surface area (Å²) in [5.41, 5.74) is 6.46. The van der Waals surface area contributed by atoms with E-state index in [4.69, 9.17) is 5.73 Å². The molecule has 0 aliphatic carbocycles. The molecule has 90 valence electrons. The summed E-state index contributed by atoms with van der Waals surface area (Å²) in [6, 6.07) is 3.38. The molecule has 17 heavy (non-hydrogen) atoms. The van der Waals surface area contributed by atoms with Crippen LogP contribution < -0.4 is 16.4 Å². The van der Waals surface area contributed by atoms with Crippen molar-refractivity contribution in [2.24, 2.45) is 5.73 Å². The second-order valence-corrected chi connectivity index (χ2v) is 3.82. The van der Waals surface area contributed by atoms with Gasteiger partial charge < -0.3 is 16.4 Å². The first-order valence-corrected chi connectivity index (χ1v) is 5.20. The molecule has 0 radical (unpaired) electrons. The van der Waals surface area contributed by atoms with Gasteiger partial charge in [-0.15, -0.1) is 0 Å². The number of hydrogen-bond acceptors (Lipinski definition) is 4. The second kappa shape index (κ2) is 5.90. The Bertz CT molecular complexity index is 444. The molecule has 1 aromatic rings. The van der Waals surface area contributed by atoms with E-state index in [0.29, 0.717) is 5.69 Å². The first-order valence-electron chi connectivity index (χ1n) is 4.79. The van der Waals surface area contributed by atoms with Crippen LogP contribution in [0, 0.1) is 6.92 Å². The van der Waals surface area contributed by atoms with E-state index >= 15 is 0 Å². The number of carbonyl (C=O) groups is 2. The normalized spacial score (nSPS) is 9.47. The van der Waals surface area contributed by atoms with Gasteiger partial charge in [-0.3, -0.25) is 14.6 Å². The smallest absolute Gasteiger partial charge is 0.313 e. The van der Waals surface area contributed by atoms with E-state index < -0.39 is 11.8 Å². The summed E-state index contributed by atoms with van der Waals surface area (Å²) in [5.74, 6) is -1.58. The molecule has 4 N–H and O–H groups in total. The van der Waals surface area contributed by atoms with Gasteiger partial charge in [-0.2, -0.15) is 0 Å². The number of aryl methyl sites for hydroxylation is 1. The highest BCUT2D eigenvalue weighted by molar-refractivity contribution is 7.80. The van der Waals surface area contributed by atoms with Gasteiger partial charge in [0.15, 0.2) is 0 Å². The zero-order valence-corrected chi connectivity index (χ0v) is 10.0. The molecule has 0 aromatic carbocycles. The van der Waals surface area contributed by atoms with Crippen molar-refractivity contribution >= 4 is 34.7 Å². The van der Waals surface area contributed by atoms with Crippen LogP contribution in [0.2, 0.25) is 0 Å². The highest BCUT2D eigenvalue weighted by atomic mass is 32.1. The number of thiocarbonyl (C=S) groups is 1. The van der Waals surface area contributed by atoms with Gasteiger partial charge in [-0.05, 0) is 19.1 Å². The Kier molecular flexibility index (Phi) is 4.53. The van der Waals surface area contributed by atoms with Gasteiger partial charge in [0, 0.05) is 5.69 Å². The number of nitrogens with zero attached hydrogens (tertiary/aromatic N) is 1. The predicted octanol–water partition coefficient (Wildman–Crippen LogP) is -0.269. The molecule has 1 heterocycles. The molecule has 0 saturated carbocycles. The number of rotatable bonds is 3. The number of pyridine rings is 1. The number of amides is 2. The minimum atomic E-state index is -0.793. The summed E-state index contributed by atoms with van der Waals surface area (Å²) in [5, 5.41) is 4.67. The summed E-state index contributed by atoms with van der Waals surface area (Å²) < 4.78 is 0. The van der Waals surface area contributed by atoms with Crippen molar-refractivity contribution in [1.29, 1.82) is 0 Å². The molecular weight excluding hydrogens is 240 g/mol. The fourth-order valence-electron chi connectivity index (χ4n) is 0.977. The first-order chi connectivity index (χ1) is 7.99. The van der Waals surface area contributed by atoms with Crippen molar-refractivity contribution in [1.82, 2.24) is 10.3 Å². The molecule has 0 saturated heterocycles. The van der Waals surface area contributed by atoms with E-state index in [0.717, 1.165) is 5.69 Å². The Morgan fingerprint density at radius 2 is 2.12 bits per heavy atom. The van der Waals surface area contributed by atoms with Crippen molar-refractivity contribution < 1.29 is 9.59 Å². The molecule has 0 bridgehead atoms. The lowest BCUT2D eigenvalue weighted by molar-refractivity contribution is -0.135. The van der Waals surface area contributed by atoms with Crippen LogP contribution in [-0.4, -0.2) is 28.3 Å². The average molecular weight is 252 g/mol. The molecule has 2 amide bonds. The van der Waals surface area contributed by atoms with Crippen LogP contribution in [0.5, 0.6) is 0 Å². The Labute approximate surface area is 104 Å². The summed E-state index contributed by atoms with van der Waals surface area (Å²) >= 11 is 4.57. The van der Waals surface area contributed by atoms with Crippen molar-refractivity contribution in [3.05, 3.63) is 24.0 Å². The van der Waals surface area contributed by atoms with E-state index in [1.165, 1.54) is 6.20 Å². The Hall–Kier alpha value is -2.02. The van der Waals surface area contributed by atoms with Crippen LogP contribution in [0.25, 0.3) is 0 Å². The Morgan fingerprint density at radius 1 is 1.41 bits per heavy atom. The van der Waals surface area contributed by atoms with Crippen LogP contribution in [0.3, 0.4) is 0 Å². The van der Waals surface area contributed by atoms with Gasteiger partial charge in [0.2, 0.25) is 0 Å². The van der Waals surface area contributed by atoms with Crippen LogP contribution in [0.15, 0.2) is 18.3 Å². The Balaban J connectivity index is 2.51. The number of hydrogen-bond donors (Lipinski definition) is 3. The fraction of sp³-hybridized carbons (Fsp3) is 0.200. The first kappa shape index (κ1) is 13.0. The van der Waals surface area contributed by atoms with E-state index in [-0.39, 0.29) is 11.5 Å². The van der Waals surface area contributed by atoms with Gasteiger partial charge in [0.05, 0.1) is 23.4 Å². The molecule has 6 nitrogen and oxygen atoms in total. The maximum Gasteiger partial charge on any atom is 0.313 e. The molecule has 0 fully saturated rings. The average Bonchev–Trinajstić information content (AvgIpc) is 2.28. The summed E-state index contributed by atoms with van der Waals surface area (Å²) in [6.07, 6.45) is 1.47. The van der Waals surface area contributed by atoms with Crippen LogP contribution >= 0.6 is 12.2 Å². The molecule has 7 heteroatoms. The third kappa shape index (κ3) is 4.56. The van der Waals surface area contributed by atoms with Crippen molar-refractivity contribution in [3.63, 3.8) is 0 Å². The predicted molar refractivity (Wildman–Crippen MR) is 67.4 cm³/mol. The van der Waals surface area contributed by atoms with Gasteiger partial charge in [0.25, 0.3) is 0 Å². The van der Waals surface area contributed by atoms with Gasteiger partial charge in [-0.1, -0.05) is 12.2 Å². The molecule has 0 spiro atoms. The molecule has 0 aliphatic heterocycles. The number of carbonyl (C=O) groups excluding carboxylic acids is 2. The minimum absolute atomic E-state index is 0.00622. The largest absolute Gasteiger partial charge is 0.392 e. The quantitative estimate of drug-likeness (QED) is 0.508. The lowest BCUT2D eigenvalue weighted by atomic mass is 10.3. The van der Waals surface area contributed by atoms with Crippen LogP contribution in [0.1, 0.15) is 5.69 Å². The van der Waals surface area contributed by atoms with Crippen LogP contribution in [0.4, 0.5) is 5.69 Å². The molecule has 0 atom stereocenters. The zero-order chi connectivity index (χ0) is 12.8. The van der Waals surface area contributed by atoms with E-state index in [9.17, 15) is 9.59 Å². The number of aromatic nitrogens is 1. The van der Waals surface area contributed by atoms with Crippen LogP contribution in [-0.2, 0) is 9.59 Å². The summed E-state index contributed by atoms with van der Waals surface area (Å²) in [4.78, 5) is 26.7. The minimum Gasteiger partial charge on any atom is -0.392 e. The standard InChI is InChI=1S/C10H12N4O2S/c1-6-2-3-7(4-12-6)14-10(16)9(15)13-5-8(11)17/h2-4H,5H2,1H3,(H2,11,17)(H,13,15)(H,14,16). The maximum absolute atomic E-state index is 11.4. The lowest BCUT2D eigenvalue weighted by Crippen LogP contribution is -2.39. The second-order valence-electron chi connectivity index (χ2n) is 3.29. The number of anilines is 1. The Morgan fingerprint density at radius 3 is 2.65 bits per heavy atom. The lowest BCUT2D eigenvalue weighted by Gasteiger charge is -2.05. The third-order valence-corrected chi connectivity index (χ3v) is 1.94. The molecule has 1 rings (SSSR count). The van der Waals surface area contributed by atoms with E-state index in [1.807, 2.05) is 6.92 Å². The molecule has 0 unspecified atom stereocenters. The van der Waals surface area contributed by atoms with Gasteiger partial charge >= 0.3 is 11.8 Å². The van der Waals surface area contributed by atoms with Gasteiger partial charge in [-0.25, -0.2) is 0 Å². The topological polar surface area (TPSA) is 97.1 Å². The van der Waals surface area contributed by atoms with E-state index in [2.05, 4.69) is 27.8 Å². The highest BCUT2D eigenvalue weighted by Gasteiger charge is 2.13. The fourth-order valence-corrected chi connectivity index (χ4v) is 1.05.